The topological polar surface area (TPSA) is 13.0 Å². The quantitative estimate of drug-likeness (QED) is 0.154. The van der Waals surface area contributed by atoms with Crippen molar-refractivity contribution in [2.45, 2.75) is 105 Å². The van der Waals surface area contributed by atoms with Gasteiger partial charge in [0.05, 0.1) is 27.8 Å². The molecule has 71 heavy (non-hydrogen) atoms. The molecule has 0 atom stereocenters. The summed E-state index contributed by atoms with van der Waals surface area (Å²) < 4.78 is 0. The van der Waals surface area contributed by atoms with Crippen LogP contribution in [0.15, 0.2) is 164 Å². The molecule has 0 bridgehead atoms. The second-order valence-corrected chi connectivity index (χ2v) is 24.7. The molecule has 0 spiro atoms. The maximum absolute atomic E-state index is 8.03. The number of hydrogen-bond donors (Lipinski definition) is 0. The number of benzene rings is 8. The van der Waals surface area contributed by atoms with Crippen molar-refractivity contribution in [2.24, 2.45) is 0 Å². The van der Waals surface area contributed by atoms with E-state index in [1.54, 1.807) is 0 Å². The molecule has 3 aliphatic rings. The maximum Gasteiger partial charge on any atom is 0.422 e. The van der Waals surface area contributed by atoms with Gasteiger partial charge in [0.2, 0.25) is 0 Å². The first kappa shape index (κ1) is 47.0. The zero-order valence-electron chi connectivity index (χ0n) is 43.2. The van der Waals surface area contributed by atoms with Gasteiger partial charge in [-0.25, -0.2) is 0 Å². The third kappa shape index (κ3) is 7.92. The Bertz CT molecular complexity index is 3310. The molecule has 3 heterocycles. The van der Waals surface area contributed by atoms with Crippen LogP contribution >= 0.6 is 23.2 Å². The fraction of sp³-hybridized carbons (Fsp3) is 0.250. The second kappa shape index (κ2) is 16.6. The first-order valence-corrected chi connectivity index (χ1v) is 25.8. The van der Waals surface area contributed by atoms with E-state index in [4.69, 9.17) is 23.2 Å². The molecule has 0 N–H and O–H groups in total. The van der Waals surface area contributed by atoms with Crippen LogP contribution in [0.5, 0.6) is 0 Å². The number of anilines is 10. The Balaban J connectivity index is 1.13. The molecule has 0 amide bonds. The Hall–Kier alpha value is -6.40. The number of para-hydroxylation sites is 2. The first-order chi connectivity index (χ1) is 33.6. The molecule has 0 unspecified atom stereocenters. The van der Waals surface area contributed by atoms with E-state index in [1.807, 2.05) is 12.1 Å². The van der Waals surface area contributed by atoms with Gasteiger partial charge in [0.1, 0.15) is 0 Å². The van der Waals surface area contributed by atoms with E-state index in [0.29, 0.717) is 10.0 Å². The van der Waals surface area contributed by atoms with Crippen LogP contribution in [-0.4, -0.2) is 6.98 Å². The van der Waals surface area contributed by atoms with Crippen molar-refractivity contribution in [1.82, 2.24) is 0 Å². The Labute approximate surface area is 432 Å². The van der Waals surface area contributed by atoms with Crippen molar-refractivity contribution in [3.63, 3.8) is 0 Å². The molecule has 4 nitrogen and oxygen atoms in total. The molecule has 0 saturated heterocycles. The fourth-order valence-electron chi connectivity index (χ4n) is 10.9. The lowest BCUT2D eigenvalue weighted by Crippen LogP contribution is -2.58. The summed E-state index contributed by atoms with van der Waals surface area (Å²) in [6.07, 6.45) is 0. The predicted molar refractivity (Wildman–Crippen MR) is 308 cm³/mol. The standard InChI is InChI=1S/C64H63BCl2N4/c1-61(2,3)40-21-27-45(28-22-40)68(46-29-23-41(24-30-46)62(4,5)6)57-37-44(66)38-58(60(57)67)69(47-31-25-42(26-32-47)63(7,8)9)48-33-34-55-56(39-48)71-54-20-16-14-18-50(54)52-36-43(64(10,11)12)35-51-49-17-13-15-19-53(49)70(55)65(71)59(51)52/h13-39H,1-12H3. The van der Waals surface area contributed by atoms with Crippen molar-refractivity contribution in [3.8, 4) is 22.3 Å². The van der Waals surface area contributed by atoms with Crippen molar-refractivity contribution in [2.75, 3.05) is 19.4 Å². The van der Waals surface area contributed by atoms with Crippen molar-refractivity contribution >= 4 is 92.5 Å². The summed E-state index contributed by atoms with van der Waals surface area (Å²) in [6.45, 7) is 27.2. The minimum atomic E-state index is -0.0761. The Morgan fingerprint density at radius 1 is 0.352 bits per heavy atom. The number of hydrogen-bond acceptors (Lipinski definition) is 4. The van der Waals surface area contributed by atoms with E-state index < -0.39 is 0 Å². The van der Waals surface area contributed by atoms with Crippen LogP contribution in [0.25, 0.3) is 22.3 Å². The van der Waals surface area contributed by atoms with Gasteiger partial charge in [0.15, 0.2) is 0 Å². The molecular formula is C64H63BCl2N4. The smallest absolute Gasteiger partial charge is 0.359 e. The predicted octanol–water partition coefficient (Wildman–Crippen LogP) is 18.8. The van der Waals surface area contributed by atoms with E-state index in [-0.39, 0.29) is 28.6 Å². The summed E-state index contributed by atoms with van der Waals surface area (Å²) in [6, 6.07) is 60.5. The average Bonchev–Trinajstić information content (AvgIpc) is 3.67. The van der Waals surface area contributed by atoms with Gasteiger partial charge in [-0.2, -0.15) is 0 Å². The van der Waals surface area contributed by atoms with Gasteiger partial charge >= 0.3 is 6.98 Å². The highest BCUT2D eigenvalue weighted by Crippen LogP contribution is 2.58. The van der Waals surface area contributed by atoms with Crippen LogP contribution in [0.3, 0.4) is 0 Å². The van der Waals surface area contributed by atoms with E-state index >= 15 is 0 Å². The van der Waals surface area contributed by atoms with Gasteiger partial charge in [0, 0.05) is 50.3 Å². The summed E-state index contributed by atoms with van der Waals surface area (Å²) in [5.41, 5.74) is 21.7. The van der Waals surface area contributed by atoms with Crippen LogP contribution in [0.4, 0.5) is 56.9 Å². The highest BCUT2D eigenvalue weighted by Gasteiger charge is 2.52. The SMILES string of the molecule is CC(C)(C)c1ccc(N(c2ccc(C(C)(C)C)cc2)c2cc(Cl)cc(N(c3ccc(C(C)(C)C)cc3)c3ccc4c(c3)N3B5c6c(cc(C(C)(C)C)cc6-c6ccccc63)-c3ccccc3N54)c2Cl)cc1. The van der Waals surface area contributed by atoms with Crippen LogP contribution in [-0.2, 0) is 21.7 Å². The van der Waals surface area contributed by atoms with Gasteiger partial charge in [0.25, 0.3) is 0 Å². The third-order valence-corrected chi connectivity index (χ3v) is 15.5. The molecule has 0 aromatic heterocycles. The normalized spacial score (nSPS) is 13.7. The number of fused-ring (bicyclic) bond motifs is 9. The molecule has 7 heteroatoms. The van der Waals surface area contributed by atoms with E-state index in [2.05, 4.69) is 254 Å². The van der Waals surface area contributed by atoms with Gasteiger partial charge in [-0.15, -0.1) is 0 Å². The molecule has 0 aliphatic carbocycles. The molecule has 0 radical (unpaired) electrons. The minimum Gasteiger partial charge on any atom is -0.359 e. The van der Waals surface area contributed by atoms with Gasteiger partial charge in [-0.05, 0) is 139 Å². The number of rotatable bonds is 6. The maximum atomic E-state index is 8.03. The summed E-state index contributed by atoms with van der Waals surface area (Å²) in [4.78, 5) is 9.68. The zero-order valence-corrected chi connectivity index (χ0v) is 44.7. The van der Waals surface area contributed by atoms with Crippen molar-refractivity contribution in [3.05, 3.63) is 196 Å². The van der Waals surface area contributed by atoms with Gasteiger partial charge in [-0.3, -0.25) is 0 Å². The Kier molecular flexibility index (Phi) is 11.0. The fourth-order valence-corrected chi connectivity index (χ4v) is 11.4. The van der Waals surface area contributed by atoms with Crippen LogP contribution < -0.4 is 24.9 Å². The van der Waals surface area contributed by atoms with Crippen LogP contribution in [0, 0.1) is 0 Å². The van der Waals surface area contributed by atoms with Gasteiger partial charge in [-0.1, -0.05) is 191 Å². The van der Waals surface area contributed by atoms with E-state index in [9.17, 15) is 0 Å². The zero-order chi connectivity index (χ0) is 50.1. The lowest BCUT2D eigenvalue weighted by atomic mass is 9.54. The largest absolute Gasteiger partial charge is 0.422 e. The van der Waals surface area contributed by atoms with E-state index in [1.165, 1.54) is 61.3 Å². The number of nitrogens with zero attached hydrogens (tertiary/aromatic N) is 4. The van der Waals surface area contributed by atoms with Gasteiger partial charge < -0.3 is 19.4 Å². The van der Waals surface area contributed by atoms with Crippen LogP contribution in [0.2, 0.25) is 10.0 Å². The Morgan fingerprint density at radius 2 is 0.718 bits per heavy atom. The summed E-state index contributed by atoms with van der Waals surface area (Å²) in [5.74, 6) is 0. The molecule has 8 aromatic carbocycles. The lowest BCUT2D eigenvalue weighted by Gasteiger charge is -2.42. The molecule has 3 aliphatic heterocycles. The second-order valence-electron chi connectivity index (χ2n) is 23.9. The molecule has 0 fully saturated rings. The molecule has 11 rings (SSSR count). The monoisotopic (exact) mass is 968 g/mol. The summed E-state index contributed by atoms with van der Waals surface area (Å²) in [5, 5.41) is 1.16. The highest BCUT2D eigenvalue weighted by molar-refractivity contribution is 6.88. The average molecular weight is 970 g/mol. The molecule has 356 valence electrons. The molecular weight excluding hydrogens is 906 g/mol. The van der Waals surface area contributed by atoms with Crippen molar-refractivity contribution < 1.29 is 0 Å². The Morgan fingerprint density at radius 3 is 1.13 bits per heavy atom. The van der Waals surface area contributed by atoms with E-state index in [0.717, 1.165) is 45.5 Å². The lowest BCUT2D eigenvalue weighted by molar-refractivity contribution is 0.590. The molecule has 8 aromatic rings. The van der Waals surface area contributed by atoms with Crippen LogP contribution in [0.1, 0.15) is 105 Å². The first-order valence-electron chi connectivity index (χ1n) is 25.1. The minimum absolute atomic E-state index is 0.00654. The highest BCUT2D eigenvalue weighted by atomic mass is 35.5. The third-order valence-electron chi connectivity index (χ3n) is 14.9. The van der Waals surface area contributed by atoms with Crippen molar-refractivity contribution in [1.29, 1.82) is 0 Å². The summed E-state index contributed by atoms with van der Waals surface area (Å²) in [7, 11) is 0. The summed E-state index contributed by atoms with van der Waals surface area (Å²) >= 11 is 15.4. The molecule has 0 saturated carbocycles. The number of halogens is 2.